The van der Waals surface area contributed by atoms with Gasteiger partial charge in [-0.15, -0.1) is 0 Å². The van der Waals surface area contributed by atoms with Gasteiger partial charge in [0.05, 0.1) is 6.54 Å². The smallest absolute Gasteiger partial charge is 0.251 e. The fraction of sp³-hybridized carbons (Fsp3) is 0.591. The lowest BCUT2D eigenvalue weighted by Crippen LogP contribution is -2.55. The number of guanidine groups is 1. The molecule has 3 rings (SSSR count). The Labute approximate surface area is 178 Å². The van der Waals surface area contributed by atoms with Gasteiger partial charge >= 0.3 is 0 Å². The van der Waals surface area contributed by atoms with Gasteiger partial charge in [-0.25, -0.2) is 4.99 Å². The molecule has 0 bridgehead atoms. The number of hydrogen-bond acceptors (Lipinski definition) is 4. The van der Waals surface area contributed by atoms with Crippen molar-refractivity contribution in [2.24, 2.45) is 4.99 Å². The summed E-state index contributed by atoms with van der Waals surface area (Å²) in [5.74, 6) is 0.923. The lowest BCUT2D eigenvalue weighted by atomic mass is 10.1. The van der Waals surface area contributed by atoms with Crippen molar-refractivity contribution < 1.29 is 14.3 Å². The molecule has 2 fully saturated rings. The van der Waals surface area contributed by atoms with Crippen molar-refractivity contribution in [2.45, 2.75) is 39.3 Å². The maximum Gasteiger partial charge on any atom is 0.251 e. The molecule has 8 heteroatoms. The molecule has 0 aliphatic carbocycles. The number of nitrogens with one attached hydrogen (secondary N) is 2. The second kappa shape index (κ2) is 11.0. The molecule has 2 heterocycles. The van der Waals surface area contributed by atoms with Crippen molar-refractivity contribution in [3.05, 3.63) is 35.4 Å². The van der Waals surface area contributed by atoms with Crippen LogP contribution in [0.15, 0.2) is 29.3 Å². The van der Waals surface area contributed by atoms with Crippen LogP contribution in [-0.2, 0) is 16.1 Å². The molecule has 0 saturated carbocycles. The Hall–Kier alpha value is -2.61. The van der Waals surface area contributed by atoms with Crippen molar-refractivity contribution in [3.8, 4) is 0 Å². The zero-order chi connectivity index (χ0) is 21.3. The van der Waals surface area contributed by atoms with Crippen molar-refractivity contribution in [1.82, 2.24) is 20.4 Å². The standard InChI is InChI=1S/C22H33N5O3/c1-3-23-20(28)18-9-7-17(8-10-18)16-25-22(24-4-2)27-13-11-26(12-14-27)21(29)19-6-5-15-30-19/h7-10,19H,3-6,11-16H2,1-2H3,(H,23,28)(H,24,25). The van der Waals surface area contributed by atoms with Crippen LogP contribution in [0.1, 0.15) is 42.6 Å². The van der Waals surface area contributed by atoms with Crippen LogP contribution in [0.25, 0.3) is 0 Å². The number of carbonyl (C=O) groups excluding carboxylic acids is 2. The van der Waals surface area contributed by atoms with E-state index in [9.17, 15) is 9.59 Å². The number of ether oxygens (including phenoxy) is 1. The molecule has 2 aliphatic rings. The van der Waals surface area contributed by atoms with E-state index in [4.69, 9.17) is 9.73 Å². The van der Waals surface area contributed by atoms with Gasteiger partial charge in [0.15, 0.2) is 5.96 Å². The summed E-state index contributed by atoms with van der Waals surface area (Å²) < 4.78 is 5.54. The molecule has 30 heavy (non-hydrogen) atoms. The molecule has 0 aromatic heterocycles. The van der Waals surface area contributed by atoms with Gasteiger partial charge in [-0.05, 0) is 44.4 Å². The number of carbonyl (C=O) groups is 2. The summed E-state index contributed by atoms with van der Waals surface area (Å²) in [6, 6.07) is 7.54. The largest absolute Gasteiger partial charge is 0.368 e. The Bertz CT molecular complexity index is 736. The second-order valence-electron chi connectivity index (χ2n) is 7.54. The lowest BCUT2D eigenvalue weighted by Gasteiger charge is -2.37. The predicted octanol–water partition coefficient (Wildman–Crippen LogP) is 1.23. The average Bonchev–Trinajstić information content (AvgIpc) is 3.32. The number of rotatable bonds is 6. The van der Waals surface area contributed by atoms with Crippen LogP contribution in [0, 0.1) is 0 Å². The van der Waals surface area contributed by atoms with E-state index >= 15 is 0 Å². The van der Waals surface area contributed by atoms with E-state index < -0.39 is 0 Å². The highest BCUT2D eigenvalue weighted by Gasteiger charge is 2.30. The number of benzene rings is 1. The summed E-state index contributed by atoms with van der Waals surface area (Å²) in [5, 5.41) is 6.15. The third-order valence-corrected chi connectivity index (χ3v) is 5.40. The molecule has 2 amide bonds. The van der Waals surface area contributed by atoms with E-state index in [1.165, 1.54) is 0 Å². The van der Waals surface area contributed by atoms with E-state index in [1.54, 1.807) is 0 Å². The Morgan fingerprint density at radius 3 is 2.30 bits per heavy atom. The third kappa shape index (κ3) is 5.72. The molecule has 1 aromatic rings. The minimum absolute atomic E-state index is 0.0590. The maximum atomic E-state index is 12.5. The van der Waals surface area contributed by atoms with E-state index in [0.717, 1.165) is 44.0 Å². The van der Waals surface area contributed by atoms with Crippen LogP contribution in [0.5, 0.6) is 0 Å². The van der Waals surface area contributed by atoms with Crippen LogP contribution < -0.4 is 10.6 Å². The minimum atomic E-state index is -0.249. The van der Waals surface area contributed by atoms with Gasteiger partial charge in [0.1, 0.15) is 6.10 Å². The molecule has 2 N–H and O–H groups in total. The van der Waals surface area contributed by atoms with Crippen LogP contribution in [-0.4, -0.2) is 79.6 Å². The van der Waals surface area contributed by atoms with E-state index in [0.29, 0.717) is 38.3 Å². The summed E-state index contributed by atoms with van der Waals surface area (Å²) >= 11 is 0. The van der Waals surface area contributed by atoms with Crippen molar-refractivity contribution >= 4 is 17.8 Å². The first kappa shape index (κ1) is 22.1. The lowest BCUT2D eigenvalue weighted by molar-refractivity contribution is -0.142. The molecule has 0 spiro atoms. The van der Waals surface area contributed by atoms with Crippen LogP contribution in [0.3, 0.4) is 0 Å². The molecule has 1 aromatic carbocycles. The molecule has 1 atom stereocenters. The molecule has 1 unspecified atom stereocenters. The maximum absolute atomic E-state index is 12.5. The van der Waals surface area contributed by atoms with Gasteiger partial charge in [0.25, 0.3) is 11.8 Å². The minimum Gasteiger partial charge on any atom is -0.368 e. The summed E-state index contributed by atoms with van der Waals surface area (Å²) in [6.45, 7) is 9.45. The van der Waals surface area contributed by atoms with Crippen LogP contribution >= 0.6 is 0 Å². The zero-order valence-corrected chi connectivity index (χ0v) is 18.0. The molecule has 2 saturated heterocycles. The molecule has 164 valence electrons. The van der Waals surface area contributed by atoms with Gasteiger partial charge < -0.3 is 25.2 Å². The Morgan fingerprint density at radius 1 is 1.03 bits per heavy atom. The highest BCUT2D eigenvalue weighted by atomic mass is 16.5. The van der Waals surface area contributed by atoms with Crippen molar-refractivity contribution in [1.29, 1.82) is 0 Å². The SMILES string of the molecule is CCNC(=O)c1ccc(CN=C(NCC)N2CCN(C(=O)C3CCCO3)CC2)cc1. The number of piperazine rings is 1. The van der Waals surface area contributed by atoms with Gasteiger partial charge in [-0.3, -0.25) is 9.59 Å². The Balaban J connectivity index is 1.55. The quantitative estimate of drug-likeness (QED) is 0.539. The average molecular weight is 416 g/mol. The van der Waals surface area contributed by atoms with Crippen molar-refractivity contribution in [2.75, 3.05) is 45.9 Å². The monoisotopic (exact) mass is 415 g/mol. The van der Waals surface area contributed by atoms with E-state index in [1.807, 2.05) is 43.0 Å². The molecule has 0 radical (unpaired) electrons. The number of amides is 2. The van der Waals surface area contributed by atoms with E-state index in [2.05, 4.69) is 15.5 Å². The summed E-state index contributed by atoms with van der Waals surface area (Å²) in [7, 11) is 0. The molecule has 8 nitrogen and oxygen atoms in total. The predicted molar refractivity (Wildman–Crippen MR) is 116 cm³/mol. The fourth-order valence-electron chi connectivity index (χ4n) is 3.73. The number of hydrogen-bond donors (Lipinski definition) is 2. The van der Waals surface area contributed by atoms with Gasteiger partial charge in [-0.2, -0.15) is 0 Å². The topological polar surface area (TPSA) is 86.3 Å². The first-order valence-corrected chi connectivity index (χ1v) is 10.9. The first-order valence-electron chi connectivity index (χ1n) is 10.9. The number of aliphatic imine (C=N–C) groups is 1. The van der Waals surface area contributed by atoms with Crippen LogP contribution in [0.2, 0.25) is 0 Å². The first-order chi connectivity index (χ1) is 14.6. The zero-order valence-electron chi connectivity index (χ0n) is 18.0. The molecular weight excluding hydrogens is 382 g/mol. The van der Waals surface area contributed by atoms with Gasteiger partial charge in [0.2, 0.25) is 0 Å². The Kier molecular flexibility index (Phi) is 8.07. The molecular formula is C22H33N5O3. The normalized spacial score (nSPS) is 19.7. The van der Waals surface area contributed by atoms with Gasteiger partial charge in [0, 0.05) is 51.4 Å². The van der Waals surface area contributed by atoms with Crippen LogP contribution in [0.4, 0.5) is 0 Å². The summed E-state index contributed by atoms with van der Waals surface area (Å²) in [5.41, 5.74) is 1.70. The highest BCUT2D eigenvalue weighted by Crippen LogP contribution is 2.16. The number of nitrogens with zero attached hydrogens (tertiary/aromatic N) is 3. The third-order valence-electron chi connectivity index (χ3n) is 5.40. The molecule has 2 aliphatic heterocycles. The summed E-state index contributed by atoms with van der Waals surface area (Å²) in [6.07, 6.45) is 1.56. The second-order valence-corrected chi connectivity index (χ2v) is 7.54. The van der Waals surface area contributed by atoms with Gasteiger partial charge in [-0.1, -0.05) is 12.1 Å². The highest BCUT2D eigenvalue weighted by molar-refractivity contribution is 5.94. The van der Waals surface area contributed by atoms with E-state index in [-0.39, 0.29) is 17.9 Å². The van der Waals surface area contributed by atoms with Crippen molar-refractivity contribution in [3.63, 3.8) is 0 Å². The summed E-state index contributed by atoms with van der Waals surface area (Å²) in [4.78, 5) is 33.3. The fourth-order valence-corrected chi connectivity index (χ4v) is 3.73. The Morgan fingerprint density at radius 2 is 1.70 bits per heavy atom.